The third-order valence-corrected chi connectivity index (χ3v) is 3.19. The second-order valence-electron chi connectivity index (χ2n) is 4.85. The summed E-state index contributed by atoms with van der Waals surface area (Å²) in [6.45, 7) is 1.66. The van der Waals surface area contributed by atoms with E-state index in [9.17, 15) is 9.59 Å². The third-order valence-electron chi connectivity index (χ3n) is 3.19. The van der Waals surface area contributed by atoms with Gasteiger partial charge in [0.25, 0.3) is 5.91 Å². The topological polar surface area (TPSA) is 86.8 Å². The molecule has 0 fully saturated rings. The predicted octanol–water partition coefficient (Wildman–Crippen LogP) is 1.99. The number of nitrogens with zero attached hydrogens (tertiary/aromatic N) is 1. The molecule has 7 nitrogen and oxygen atoms in total. The largest absolute Gasteiger partial charge is 0.454 e. The Hall–Kier alpha value is -3.09. The second kappa shape index (κ2) is 6.35. The first-order valence-electron chi connectivity index (χ1n) is 6.95. The number of nitrogens with one attached hydrogen (secondary N) is 1. The predicted molar refractivity (Wildman–Crippen MR) is 80.3 cm³/mol. The summed E-state index contributed by atoms with van der Waals surface area (Å²) in [6.07, 6.45) is 1.98. The molecule has 0 spiro atoms. The van der Waals surface area contributed by atoms with Crippen LogP contribution in [0.25, 0.3) is 0 Å². The molecule has 23 heavy (non-hydrogen) atoms. The van der Waals surface area contributed by atoms with Crippen LogP contribution in [0.2, 0.25) is 0 Å². The number of pyridine rings is 1. The van der Waals surface area contributed by atoms with E-state index in [0.717, 1.165) is 0 Å². The number of ether oxygens (including phenoxy) is 3. The Morgan fingerprint density at radius 3 is 2.87 bits per heavy atom. The van der Waals surface area contributed by atoms with Gasteiger partial charge in [0.2, 0.25) is 6.79 Å². The van der Waals surface area contributed by atoms with Crippen molar-refractivity contribution >= 4 is 17.6 Å². The highest BCUT2D eigenvalue weighted by Gasteiger charge is 2.20. The Balaban J connectivity index is 1.60. The molecule has 118 valence electrons. The van der Waals surface area contributed by atoms with E-state index >= 15 is 0 Å². The average molecular weight is 314 g/mol. The second-order valence-corrected chi connectivity index (χ2v) is 4.85. The highest BCUT2D eigenvalue weighted by Crippen LogP contribution is 2.34. The Labute approximate surface area is 132 Å². The van der Waals surface area contributed by atoms with Crippen molar-refractivity contribution in [1.29, 1.82) is 0 Å². The van der Waals surface area contributed by atoms with E-state index in [0.29, 0.717) is 17.2 Å². The zero-order chi connectivity index (χ0) is 16.2. The summed E-state index contributed by atoms with van der Waals surface area (Å²) >= 11 is 0. The molecule has 1 aromatic heterocycles. The maximum atomic E-state index is 12.1. The smallest absolute Gasteiger partial charge is 0.340 e. The standard InChI is InChI=1S/C16H14N2O5/c1-10(23-16(20)11-3-2-6-17-8-11)15(19)18-12-4-5-13-14(7-12)22-9-21-13/h2-8,10H,9H2,1H3,(H,18,19). The van der Waals surface area contributed by atoms with Gasteiger partial charge < -0.3 is 19.5 Å². The average Bonchev–Trinajstić information content (AvgIpc) is 3.03. The van der Waals surface area contributed by atoms with Gasteiger partial charge in [-0.15, -0.1) is 0 Å². The Morgan fingerprint density at radius 1 is 1.26 bits per heavy atom. The van der Waals surface area contributed by atoms with Crippen molar-refractivity contribution in [2.24, 2.45) is 0 Å². The van der Waals surface area contributed by atoms with Crippen LogP contribution < -0.4 is 14.8 Å². The van der Waals surface area contributed by atoms with Crippen molar-refractivity contribution in [3.63, 3.8) is 0 Å². The van der Waals surface area contributed by atoms with Crippen molar-refractivity contribution in [1.82, 2.24) is 4.98 Å². The van der Waals surface area contributed by atoms with Crippen molar-refractivity contribution < 1.29 is 23.8 Å². The third kappa shape index (κ3) is 3.39. The lowest BCUT2D eigenvalue weighted by Gasteiger charge is -2.13. The van der Waals surface area contributed by atoms with Gasteiger partial charge in [-0.05, 0) is 31.2 Å². The molecule has 1 amide bonds. The lowest BCUT2D eigenvalue weighted by atomic mass is 10.2. The van der Waals surface area contributed by atoms with Gasteiger partial charge in [-0.3, -0.25) is 9.78 Å². The first kappa shape index (κ1) is 14.8. The number of hydrogen-bond acceptors (Lipinski definition) is 6. The van der Waals surface area contributed by atoms with Gasteiger partial charge >= 0.3 is 5.97 Å². The molecule has 1 aliphatic heterocycles. The monoisotopic (exact) mass is 314 g/mol. The number of benzene rings is 1. The molecular weight excluding hydrogens is 300 g/mol. The maximum Gasteiger partial charge on any atom is 0.340 e. The fourth-order valence-corrected chi connectivity index (χ4v) is 1.98. The molecule has 0 saturated heterocycles. The number of anilines is 1. The minimum atomic E-state index is -0.951. The number of esters is 1. The molecule has 0 bridgehead atoms. The van der Waals surface area contributed by atoms with E-state index in [1.807, 2.05) is 0 Å². The lowest BCUT2D eigenvalue weighted by Crippen LogP contribution is -2.30. The van der Waals surface area contributed by atoms with E-state index in [2.05, 4.69) is 10.3 Å². The van der Waals surface area contributed by atoms with Gasteiger partial charge in [0, 0.05) is 24.1 Å². The van der Waals surface area contributed by atoms with Gasteiger partial charge in [0.1, 0.15) is 0 Å². The maximum absolute atomic E-state index is 12.1. The van der Waals surface area contributed by atoms with Gasteiger partial charge in [-0.1, -0.05) is 0 Å². The molecule has 1 N–H and O–H groups in total. The van der Waals surface area contributed by atoms with Crippen LogP contribution in [0.4, 0.5) is 5.69 Å². The first-order chi connectivity index (χ1) is 11.1. The molecule has 2 heterocycles. The number of hydrogen-bond donors (Lipinski definition) is 1. The molecule has 2 aromatic rings. The number of carbonyl (C=O) groups is 2. The SMILES string of the molecule is CC(OC(=O)c1cccnc1)C(=O)Nc1ccc2c(c1)OCO2. The summed E-state index contributed by atoms with van der Waals surface area (Å²) < 4.78 is 15.6. The highest BCUT2D eigenvalue weighted by atomic mass is 16.7. The molecule has 0 saturated carbocycles. The quantitative estimate of drug-likeness (QED) is 0.869. The summed E-state index contributed by atoms with van der Waals surface area (Å²) in [6, 6.07) is 8.22. The van der Waals surface area contributed by atoms with E-state index < -0.39 is 18.0 Å². The van der Waals surface area contributed by atoms with E-state index in [1.165, 1.54) is 13.1 Å². The Morgan fingerprint density at radius 2 is 2.09 bits per heavy atom. The summed E-state index contributed by atoms with van der Waals surface area (Å²) in [7, 11) is 0. The fraction of sp³-hybridized carbons (Fsp3) is 0.188. The fourth-order valence-electron chi connectivity index (χ4n) is 1.98. The lowest BCUT2D eigenvalue weighted by molar-refractivity contribution is -0.123. The van der Waals surface area contributed by atoms with Crippen LogP contribution in [0.5, 0.6) is 11.5 Å². The van der Waals surface area contributed by atoms with Crippen LogP contribution in [0.15, 0.2) is 42.7 Å². The zero-order valence-corrected chi connectivity index (χ0v) is 12.3. The van der Waals surface area contributed by atoms with Crippen LogP contribution in [0.1, 0.15) is 17.3 Å². The minimum absolute atomic E-state index is 0.159. The van der Waals surface area contributed by atoms with Crippen molar-refractivity contribution in [3.05, 3.63) is 48.3 Å². The Kier molecular flexibility index (Phi) is 4.09. The molecule has 0 radical (unpaired) electrons. The molecule has 1 unspecified atom stereocenters. The summed E-state index contributed by atoms with van der Waals surface area (Å²) in [4.78, 5) is 27.8. The van der Waals surface area contributed by atoms with Crippen molar-refractivity contribution in [2.75, 3.05) is 12.1 Å². The molecular formula is C16H14N2O5. The van der Waals surface area contributed by atoms with Crippen LogP contribution in [0, 0.1) is 0 Å². The van der Waals surface area contributed by atoms with Crippen LogP contribution in [0.3, 0.4) is 0 Å². The number of amides is 1. The van der Waals surface area contributed by atoms with E-state index in [1.54, 1.807) is 36.5 Å². The number of fused-ring (bicyclic) bond motifs is 1. The molecule has 3 rings (SSSR count). The number of carbonyl (C=O) groups excluding carboxylic acids is 2. The highest BCUT2D eigenvalue weighted by molar-refractivity contribution is 5.97. The van der Waals surface area contributed by atoms with Crippen LogP contribution in [-0.2, 0) is 9.53 Å². The summed E-state index contributed by atoms with van der Waals surface area (Å²) in [5, 5.41) is 2.66. The zero-order valence-electron chi connectivity index (χ0n) is 12.3. The molecule has 1 aliphatic rings. The normalized spacial score (nSPS) is 13.3. The Bertz CT molecular complexity index is 733. The minimum Gasteiger partial charge on any atom is -0.454 e. The molecule has 0 aliphatic carbocycles. The van der Waals surface area contributed by atoms with Gasteiger partial charge in [0.15, 0.2) is 17.6 Å². The van der Waals surface area contributed by atoms with Gasteiger partial charge in [-0.2, -0.15) is 0 Å². The van der Waals surface area contributed by atoms with E-state index in [4.69, 9.17) is 14.2 Å². The molecule has 1 atom stereocenters. The van der Waals surface area contributed by atoms with Crippen molar-refractivity contribution in [3.8, 4) is 11.5 Å². The van der Waals surface area contributed by atoms with Crippen LogP contribution in [-0.4, -0.2) is 29.8 Å². The number of rotatable bonds is 4. The van der Waals surface area contributed by atoms with Crippen LogP contribution >= 0.6 is 0 Å². The number of aromatic nitrogens is 1. The first-order valence-corrected chi connectivity index (χ1v) is 6.95. The van der Waals surface area contributed by atoms with Gasteiger partial charge in [0.05, 0.1) is 5.56 Å². The molecule has 7 heteroatoms. The van der Waals surface area contributed by atoms with E-state index in [-0.39, 0.29) is 12.4 Å². The van der Waals surface area contributed by atoms with Crippen molar-refractivity contribution in [2.45, 2.75) is 13.0 Å². The summed E-state index contributed by atoms with van der Waals surface area (Å²) in [5.41, 5.74) is 0.818. The summed E-state index contributed by atoms with van der Waals surface area (Å²) in [5.74, 6) is 0.134. The molecule has 1 aromatic carbocycles. The van der Waals surface area contributed by atoms with Gasteiger partial charge in [-0.25, -0.2) is 4.79 Å².